The summed E-state index contributed by atoms with van der Waals surface area (Å²) in [4.78, 5) is 16.5. The van der Waals surface area contributed by atoms with Gasteiger partial charge in [-0.2, -0.15) is 0 Å². The maximum absolute atomic E-state index is 12.2. The van der Waals surface area contributed by atoms with Gasteiger partial charge in [0.05, 0.1) is 4.90 Å². The van der Waals surface area contributed by atoms with Gasteiger partial charge in [0, 0.05) is 19.3 Å². The number of nitrogens with one attached hydrogen (secondary N) is 1. The van der Waals surface area contributed by atoms with Crippen molar-refractivity contribution < 1.29 is 13.2 Å². The minimum Gasteiger partial charge on any atom is -0.356 e. The summed E-state index contributed by atoms with van der Waals surface area (Å²) >= 11 is 0. The molecule has 1 rings (SSSR count). The molecular weight excluding hydrogens is 266 g/mol. The summed E-state index contributed by atoms with van der Waals surface area (Å²) in [7, 11) is -3.78. The molecule has 1 aromatic heterocycles. The van der Waals surface area contributed by atoms with Crippen molar-refractivity contribution >= 4 is 15.9 Å². The van der Waals surface area contributed by atoms with E-state index < -0.39 is 10.0 Å². The van der Waals surface area contributed by atoms with E-state index in [0.29, 0.717) is 19.0 Å². The molecule has 1 atom stereocenters. The summed E-state index contributed by atoms with van der Waals surface area (Å²) in [6.45, 7) is 7.25. The molecule has 0 saturated carbocycles. The number of H-pyrrole nitrogens is 1. The molecule has 0 aromatic carbocycles. The Morgan fingerprint density at radius 3 is 2.53 bits per heavy atom. The van der Waals surface area contributed by atoms with Crippen molar-refractivity contribution in [1.82, 2.24) is 9.88 Å². The van der Waals surface area contributed by atoms with Crippen molar-refractivity contribution in [2.24, 2.45) is 11.1 Å². The number of hydrogen-bond acceptors (Lipinski definition) is 3. The largest absolute Gasteiger partial charge is 0.356 e. The fourth-order valence-electron chi connectivity index (χ4n) is 1.69. The molecular formula is C12H21N3O3S. The number of carbonyl (C=O) groups is 1. The van der Waals surface area contributed by atoms with Crippen molar-refractivity contribution in [3.05, 3.63) is 18.0 Å². The molecule has 108 valence electrons. The fourth-order valence-corrected chi connectivity index (χ4v) is 2.20. The van der Waals surface area contributed by atoms with Crippen molar-refractivity contribution in [3.63, 3.8) is 0 Å². The molecule has 0 fully saturated rings. The topological polar surface area (TPSA) is 96.3 Å². The zero-order chi connectivity index (χ0) is 14.6. The Morgan fingerprint density at radius 2 is 2.11 bits per heavy atom. The van der Waals surface area contributed by atoms with E-state index in [0.717, 1.165) is 6.42 Å². The highest BCUT2D eigenvalue weighted by Crippen LogP contribution is 2.12. The molecule has 6 nitrogen and oxygen atoms in total. The van der Waals surface area contributed by atoms with Crippen molar-refractivity contribution in [2.75, 3.05) is 13.1 Å². The molecule has 0 aliphatic heterocycles. The van der Waals surface area contributed by atoms with Crippen LogP contribution in [0.25, 0.3) is 0 Å². The molecule has 0 aliphatic rings. The van der Waals surface area contributed by atoms with Crippen LogP contribution in [0.5, 0.6) is 0 Å². The zero-order valence-electron chi connectivity index (χ0n) is 11.5. The van der Waals surface area contributed by atoms with Gasteiger partial charge in [-0.15, -0.1) is 0 Å². The molecule has 0 bridgehead atoms. The van der Waals surface area contributed by atoms with Gasteiger partial charge in [-0.25, -0.2) is 13.6 Å². The van der Waals surface area contributed by atoms with Crippen LogP contribution in [0.4, 0.5) is 0 Å². The SMILES string of the molecule is CCC(C)CN(CC)C(=O)c1cc(S(N)(=O)=O)c[nH]1. The van der Waals surface area contributed by atoms with E-state index in [1.165, 1.54) is 12.3 Å². The van der Waals surface area contributed by atoms with E-state index in [2.05, 4.69) is 18.8 Å². The first kappa shape index (κ1) is 15.7. The first-order valence-corrected chi connectivity index (χ1v) is 7.84. The number of rotatable bonds is 6. The number of primary sulfonamides is 1. The van der Waals surface area contributed by atoms with Crippen molar-refractivity contribution in [2.45, 2.75) is 32.1 Å². The molecule has 1 aromatic rings. The number of nitrogens with two attached hydrogens (primary N) is 1. The number of carbonyl (C=O) groups excluding carboxylic acids is 1. The second kappa shape index (κ2) is 6.21. The van der Waals surface area contributed by atoms with Gasteiger partial charge < -0.3 is 9.88 Å². The third-order valence-corrected chi connectivity index (χ3v) is 4.01. The predicted molar refractivity (Wildman–Crippen MR) is 73.2 cm³/mol. The van der Waals surface area contributed by atoms with Gasteiger partial charge >= 0.3 is 0 Å². The molecule has 0 aliphatic carbocycles. The lowest BCUT2D eigenvalue weighted by Gasteiger charge is -2.23. The van der Waals surface area contributed by atoms with Gasteiger partial charge in [-0.1, -0.05) is 20.3 Å². The van der Waals surface area contributed by atoms with Crippen LogP contribution >= 0.6 is 0 Å². The first-order valence-electron chi connectivity index (χ1n) is 6.30. The second-order valence-corrected chi connectivity index (χ2v) is 6.21. The first-order chi connectivity index (χ1) is 8.79. The average molecular weight is 287 g/mol. The number of nitrogens with zero attached hydrogens (tertiary/aromatic N) is 1. The van der Waals surface area contributed by atoms with Crippen LogP contribution in [0.15, 0.2) is 17.2 Å². The number of aromatic nitrogens is 1. The third-order valence-electron chi connectivity index (χ3n) is 3.11. The Bertz CT molecular complexity index is 536. The Hall–Kier alpha value is -1.34. The third kappa shape index (κ3) is 4.07. The van der Waals surface area contributed by atoms with Crippen LogP contribution in [0.3, 0.4) is 0 Å². The second-order valence-electron chi connectivity index (χ2n) is 4.65. The van der Waals surface area contributed by atoms with Crippen LogP contribution < -0.4 is 5.14 Å². The summed E-state index contributed by atoms with van der Waals surface area (Å²) in [6.07, 6.45) is 2.22. The standard InChI is InChI=1S/C12H21N3O3S/c1-4-9(3)8-15(5-2)12(16)11-6-10(7-14-11)19(13,17)18/h6-7,9,14H,4-5,8H2,1-3H3,(H2,13,17,18). The highest BCUT2D eigenvalue weighted by molar-refractivity contribution is 7.89. The highest BCUT2D eigenvalue weighted by Gasteiger charge is 2.20. The summed E-state index contributed by atoms with van der Waals surface area (Å²) in [5.74, 6) is 0.189. The van der Waals surface area contributed by atoms with Crippen molar-refractivity contribution in [3.8, 4) is 0 Å². The minimum atomic E-state index is -3.78. The molecule has 0 spiro atoms. The maximum atomic E-state index is 12.2. The average Bonchev–Trinajstić information content (AvgIpc) is 2.84. The highest BCUT2D eigenvalue weighted by atomic mass is 32.2. The van der Waals surface area contributed by atoms with Crippen LogP contribution in [0, 0.1) is 5.92 Å². The van der Waals surface area contributed by atoms with Gasteiger partial charge in [-0.3, -0.25) is 4.79 Å². The molecule has 19 heavy (non-hydrogen) atoms. The molecule has 1 unspecified atom stereocenters. The van der Waals surface area contributed by atoms with E-state index in [-0.39, 0.29) is 16.5 Å². The van der Waals surface area contributed by atoms with Crippen LogP contribution in [-0.2, 0) is 10.0 Å². The van der Waals surface area contributed by atoms with Gasteiger partial charge in [0.25, 0.3) is 5.91 Å². The van der Waals surface area contributed by atoms with Gasteiger partial charge in [0.15, 0.2) is 0 Å². The summed E-state index contributed by atoms with van der Waals surface area (Å²) in [5, 5.41) is 5.01. The van der Waals surface area contributed by atoms with Gasteiger partial charge in [0.1, 0.15) is 5.69 Å². The quantitative estimate of drug-likeness (QED) is 0.822. The normalized spacial score (nSPS) is 13.3. The lowest BCUT2D eigenvalue weighted by atomic mass is 10.1. The Labute approximate surface area is 114 Å². The van der Waals surface area contributed by atoms with Crippen LogP contribution in [0.1, 0.15) is 37.7 Å². The van der Waals surface area contributed by atoms with E-state index in [4.69, 9.17) is 5.14 Å². The molecule has 1 amide bonds. The lowest BCUT2D eigenvalue weighted by Crippen LogP contribution is -2.34. The predicted octanol–water partition coefficient (Wildman–Crippen LogP) is 1.17. The van der Waals surface area contributed by atoms with Gasteiger partial charge in [-0.05, 0) is 18.9 Å². The van der Waals surface area contributed by atoms with E-state index in [9.17, 15) is 13.2 Å². The number of sulfonamides is 1. The van der Waals surface area contributed by atoms with Crippen molar-refractivity contribution in [1.29, 1.82) is 0 Å². The lowest BCUT2D eigenvalue weighted by molar-refractivity contribution is 0.0735. The van der Waals surface area contributed by atoms with E-state index >= 15 is 0 Å². The molecule has 7 heteroatoms. The molecule has 0 saturated heterocycles. The Kier molecular flexibility index (Phi) is 5.13. The number of hydrogen-bond donors (Lipinski definition) is 2. The summed E-state index contributed by atoms with van der Waals surface area (Å²) in [6, 6.07) is 1.27. The maximum Gasteiger partial charge on any atom is 0.270 e. The fraction of sp³-hybridized carbons (Fsp3) is 0.583. The Morgan fingerprint density at radius 1 is 1.47 bits per heavy atom. The van der Waals surface area contributed by atoms with Gasteiger partial charge in [0.2, 0.25) is 10.0 Å². The van der Waals surface area contributed by atoms with Crippen LogP contribution in [-0.4, -0.2) is 37.3 Å². The smallest absolute Gasteiger partial charge is 0.270 e. The van der Waals surface area contributed by atoms with E-state index in [1.54, 1.807) is 4.90 Å². The monoisotopic (exact) mass is 287 g/mol. The molecule has 1 heterocycles. The summed E-state index contributed by atoms with van der Waals surface area (Å²) < 4.78 is 22.3. The minimum absolute atomic E-state index is 0.0737. The summed E-state index contributed by atoms with van der Waals surface area (Å²) in [5.41, 5.74) is 0.245. The van der Waals surface area contributed by atoms with Crippen LogP contribution in [0.2, 0.25) is 0 Å². The zero-order valence-corrected chi connectivity index (χ0v) is 12.3. The molecule has 0 radical (unpaired) electrons. The van der Waals surface area contributed by atoms with E-state index in [1.807, 2.05) is 6.92 Å². The number of aromatic amines is 1. The molecule has 3 N–H and O–H groups in total. The Balaban J connectivity index is 2.89. The number of amides is 1.